The van der Waals surface area contributed by atoms with Gasteiger partial charge in [-0.2, -0.15) is 0 Å². The van der Waals surface area contributed by atoms with Gasteiger partial charge in [0.25, 0.3) is 0 Å². The largest absolute Gasteiger partial charge is 0.497 e. The van der Waals surface area contributed by atoms with Crippen molar-refractivity contribution >= 4 is 45.0 Å². The first-order chi connectivity index (χ1) is 31.5. The zero-order valence-electron chi connectivity index (χ0n) is 35.7. The average Bonchev–Trinajstić information content (AvgIpc) is 4.19. The fraction of sp³-hybridized carbons (Fsp3) is 0.0714. The number of hydrogen-bond donors (Lipinski definition) is 2. The molecular weight excluding hydrogens is 793 g/mol. The lowest BCUT2D eigenvalue weighted by Crippen LogP contribution is -1.90. The lowest BCUT2D eigenvalue weighted by Gasteiger charge is -2.10. The Hall–Kier alpha value is -8.36. The summed E-state index contributed by atoms with van der Waals surface area (Å²) in [5.41, 5.74) is 16.3. The molecule has 0 fully saturated rings. The Kier molecular flexibility index (Phi) is 9.54. The molecule has 0 spiro atoms. The van der Waals surface area contributed by atoms with Gasteiger partial charge in [-0.1, -0.05) is 72.8 Å². The van der Waals surface area contributed by atoms with Crippen LogP contribution in [-0.2, 0) is 0 Å². The van der Waals surface area contributed by atoms with Gasteiger partial charge in [0, 0.05) is 55.4 Å². The molecule has 64 heavy (non-hydrogen) atoms. The summed E-state index contributed by atoms with van der Waals surface area (Å²) >= 11 is 0. The van der Waals surface area contributed by atoms with Crippen molar-refractivity contribution in [2.45, 2.75) is 0 Å². The van der Waals surface area contributed by atoms with Crippen molar-refractivity contribution in [1.82, 2.24) is 19.9 Å². The van der Waals surface area contributed by atoms with Gasteiger partial charge in [-0.05, 0) is 130 Å². The number of methoxy groups -OCH3 is 4. The van der Waals surface area contributed by atoms with Crippen LogP contribution >= 0.6 is 0 Å². The summed E-state index contributed by atoms with van der Waals surface area (Å²) in [5.74, 6) is 2.98. The summed E-state index contributed by atoms with van der Waals surface area (Å²) in [4.78, 5) is 19.0. The molecule has 11 rings (SSSR count). The molecule has 8 bridgehead atoms. The molecule has 0 radical (unpaired) electrons. The Labute approximate surface area is 370 Å². The van der Waals surface area contributed by atoms with Crippen LogP contribution in [0.4, 0.5) is 0 Å². The summed E-state index contributed by atoms with van der Waals surface area (Å²) in [6, 6.07) is 54.2. The molecule has 6 aromatic carbocycles. The molecule has 0 saturated heterocycles. The maximum absolute atomic E-state index is 5.84. The molecule has 5 heterocycles. The normalized spacial score (nSPS) is 11.7. The van der Waals surface area contributed by atoms with Crippen LogP contribution in [-0.4, -0.2) is 48.4 Å². The summed E-state index contributed by atoms with van der Waals surface area (Å²) in [7, 11) is 6.78. The Morgan fingerprint density at radius 2 is 0.688 bits per heavy atom. The van der Waals surface area contributed by atoms with E-state index in [9.17, 15) is 0 Å². The quantitative estimate of drug-likeness (QED) is 0.158. The minimum atomic E-state index is 0.744. The summed E-state index contributed by atoms with van der Waals surface area (Å²) in [5, 5.41) is 2.24. The molecule has 310 valence electrons. The zero-order chi connectivity index (χ0) is 43.3. The van der Waals surface area contributed by atoms with E-state index in [1.54, 1.807) is 28.4 Å². The van der Waals surface area contributed by atoms with E-state index in [0.29, 0.717) is 0 Å². The van der Waals surface area contributed by atoms with Crippen molar-refractivity contribution in [2.75, 3.05) is 28.4 Å². The van der Waals surface area contributed by atoms with Crippen LogP contribution in [0.3, 0.4) is 0 Å². The molecule has 9 aromatic rings. The second-order valence-corrected chi connectivity index (χ2v) is 15.8. The van der Waals surface area contributed by atoms with E-state index < -0.39 is 0 Å². The molecule has 2 aliphatic rings. The Morgan fingerprint density at radius 1 is 0.344 bits per heavy atom. The number of nitrogens with zero attached hydrogens (tertiary/aromatic N) is 2. The molecule has 0 atom stereocenters. The summed E-state index contributed by atoms with van der Waals surface area (Å²) in [6.07, 6.45) is 4.19. The minimum absolute atomic E-state index is 0.744. The minimum Gasteiger partial charge on any atom is -0.497 e. The van der Waals surface area contributed by atoms with Gasteiger partial charge in [0.1, 0.15) is 23.0 Å². The number of aromatic amines is 2. The molecule has 8 nitrogen and oxygen atoms in total. The van der Waals surface area contributed by atoms with Gasteiger partial charge in [-0.3, -0.25) is 0 Å². The maximum atomic E-state index is 5.84. The number of ether oxygens (including phenoxy) is 4. The van der Waals surface area contributed by atoms with Crippen LogP contribution in [0.25, 0.3) is 112 Å². The van der Waals surface area contributed by atoms with Gasteiger partial charge >= 0.3 is 0 Å². The van der Waals surface area contributed by atoms with Gasteiger partial charge < -0.3 is 28.9 Å². The van der Waals surface area contributed by atoms with E-state index in [-0.39, 0.29) is 0 Å². The van der Waals surface area contributed by atoms with Gasteiger partial charge in [0.2, 0.25) is 0 Å². The Balaban J connectivity index is 1.38. The smallest absolute Gasteiger partial charge is 0.119 e. The Bertz CT molecular complexity index is 3300. The van der Waals surface area contributed by atoms with Gasteiger partial charge in [0.05, 0.1) is 51.2 Å². The van der Waals surface area contributed by atoms with Crippen molar-refractivity contribution in [2.24, 2.45) is 0 Å². The van der Waals surface area contributed by atoms with Crippen LogP contribution in [0.1, 0.15) is 11.4 Å². The molecule has 2 N–H and O–H groups in total. The Morgan fingerprint density at radius 3 is 1.05 bits per heavy atom. The second-order valence-electron chi connectivity index (χ2n) is 15.8. The topological polar surface area (TPSA) is 94.3 Å². The highest BCUT2D eigenvalue weighted by Crippen LogP contribution is 2.48. The molecule has 0 amide bonds. The molecule has 2 aliphatic heterocycles. The third-order valence-corrected chi connectivity index (χ3v) is 12.1. The van der Waals surface area contributed by atoms with Gasteiger partial charge in [-0.25, -0.2) is 9.97 Å². The lowest BCUT2D eigenvalue weighted by atomic mass is 9.92. The van der Waals surface area contributed by atoms with Crippen LogP contribution in [0.15, 0.2) is 158 Å². The average molecular weight is 835 g/mol. The van der Waals surface area contributed by atoms with Crippen LogP contribution in [0, 0.1) is 0 Å². The molecule has 0 saturated carbocycles. The van der Waals surface area contributed by atoms with Crippen LogP contribution in [0.2, 0.25) is 0 Å². The first kappa shape index (κ1) is 38.6. The fourth-order valence-electron chi connectivity index (χ4n) is 9.10. The van der Waals surface area contributed by atoms with Crippen LogP contribution < -0.4 is 18.9 Å². The van der Waals surface area contributed by atoms with Crippen molar-refractivity contribution < 1.29 is 18.9 Å². The van der Waals surface area contributed by atoms with E-state index >= 15 is 0 Å². The summed E-state index contributed by atoms with van der Waals surface area (Å²) in [6.45, 7) is 0. The van der Waals surface area contributed by atoms with Gasteiger partial charge in [-0.15, -0.1) is 0 Å². The predicted octanol–water partition coefficient (Wildman–Crippen LogP) is 13.7. The van der Waals surface area contributed by atoms with E-state index in [1.165, 1.54) is 0 Å². The van der Waals surface area contributed by atoms with E-state index in [2.05, 4.69) is 131 Å². The third kappa shape index (κ3) is 6.64. The number of fused-ring (bicyclic) bond motifs is 12. The van der Waals surface area contributed by atoms with Gasteiger partial charge in [0.15, 0.2) is 0 Å². The fourth-order valence-corrected chi connectivity index (χ4v) is 9.10. The first-order valence-corrected chi connectivity index (χ1v) is 21.1. The van der Waals surface area contributed by atoms with Crippen LogP contribution in [0.5, 0.6) is 23.0 Å². The van der Waals surface area contributed by atoms with Crippen molar-refractivity contribution in [1.29, 1.82) is 0 Å². The zero-order valence-corrected chi connectivity index (χ0v) is 35.7. The lowest BCUT2D eigenvalue weighted by molar-refractivity contribution is 0.415. The number of hydrogen-bond acceptors (Lipinski definition) is 6. The predicted molar refractivity (Wildman–Crippen MR) is 260 cm³/mol. The molecule has 3 aromatic heterocycles. The third-order valence-electron chi connectivity index (χ3n) is 12.1. The maximum Gasteiger partial charge on any atom is 0.119 e. The number of H-pyrrole nitrogens is 2. The highest BCUT2D eigenvalue weighted by molar-refractivity contribution is 6.08. The SMILES string of the molecule is COc1cccc(-c2c3nc(c(-c4cccc(OC)c4)c4ccc([nH]4)c(-c4cccc(OC)c4)c4nc(c(-c5cccc(OC)c5)c5ccc2[nH]5)-c2cc5ccccc5cc2-4)C=C3)c1. The van der Waals surface area contributed by atoms with E-state index in [1.807, 2.05) is 48.5 Å². The highest BCUT2D eigenvalue weighted by atomic mass is 16.5. The standard InChI is InChI=1S/C56H42N4O4/c1-61-39-17-7-13-35(27-39)51-45-21-22-46(57-45)52(36-14-8-18-40(28-36)62-2)48-24-26-50(59-48)54(38-16-10-20-42(30-38)64-4)56-44-32-34-12-6-5-11-33(34)31-43(44)55(60-56)53(49-25-23-47(51)58-49)37-15-9-19-41(29-37)63-3/h5-32,58-59H,1-4H3. The first-order valence-electron chi connectivity index (χ1n) is 21.1. The molecular formula is C56H42N4O4. The molecule has 0 unspecified atom stereocenters. The van der Waals surface area contributed by atoms with E-state index in [4.69, 9.17) is 28.9 Å². The molecule has 0 aliphatic carbocycles. The van der Waals surface area contributed by atoms with Crippen molar-refractivity contribution in [3.8, 4) is 90.0 Å². The number of rotatable bonds is 8. The second kappa shape index (κ2) is 15.8. The monoisotopic (exact) mass is 834 g/mol. The number of benzene rings is 6. The van der Waals surface area contributed by atoms with E-state index in [0.717, 1.165) is 134 Å². The highest BCUT2D eigenvalue weighted by Gasteiger charge is 2.27. The number of aromatic nitrogens is 4. The summed E-state index contributed by atoms with van der Waals surface area (Å²) < 4.78 is 23.2. The van der Waals surface area contributed by atoms with Crippen molar-refractivity contribution in [3.63, 3.8) is 0 Å². The van der Waals surface area contributed by atoms with Crippen molar-refractivity contribution in [3.05, 3.63) is 169 Å². The molecule has 8 heteroatoms. The number of nitrogens with one attached hydrogen (secondary N) is 2.